The minimum Gasteiger partial charge on any atom is -0.493 e. The zero-order valence-corrected chi connectivity index (χ0v) is 13.5. The van der Waals surface area contributed by atoms with E-state index in [1.807, 2.05) is 13.0 Å². The van der Waals surface area contributed by atoms with Gasteiger partial charge in [0.25, 0.3) is 0 Å². The Morgan fingerprint density at radius 2 is 2.19 bits per heavy atom. The van der Waals surface area contributed by atoms with Gasteiger partial charge in [-0.2, -0.15) is 0 Å². The molecule has 1 aromatic carbocycles. The fourth-order valence-electron chi connectivity index (χ4n) is 2.96. The van der Waals surface area contributed by atoms with E-state index >= 15 is 0 Å². The Bertz CT molecular complexity index is 437. The minimum absolute atomic E-state index is 0.656. The molecule has 0 aliphatic carbocycles. The molecule has 0 bridgehead atoms. The van der Waals surface area contributed by atoms with E-state index in [-0.39, 0.29) is 0 Å². The number of ether oxygens (including phenoxy) is 2. The number of hydrogen-bond acceptors (Lipinski definition) is 4. The topological polar surface area (TPSA) is 33.7 Å². The van der Waals surface area contributed by atoms with Crippen LogP contribution in [-0.2, 0) is 6.54 Å². The van der Waals surface area contributed by atoms with Gasteiger partial charge in [0.05, 0.1) is 13.7 Å². The van der Waals surface area contributed by atoms with Crippen molar-refractivity contribution in [2.75, 3.05) is 40.4 Å². The molecule has 0 aromatic heterocycles. The van der Waals surface area contributed by atoms with E-state index < -0.39 is 0 Å². The van der Waals surface area contributed by atoms with E-state index in [2.05, 4.69) is 29.4 Å². The van der Waals surface area contributed by atoms with Gasteiger partial charge in [-0.05, 0) is 63.5 Å². The van der Waals surface area contributed by atoms with Crippen LogP contribution in [0.3, 0.4) is 0 Å². The first-order valence-corrected chi connectivity index (χ1v) is 7.92. The smallest absolute Gasteiger partial charge is 0.161 e. The summed E-state index contributed by atoms with van der Waals surface area (Å²) in [5.41, 5.74) is 1.24. The highest BCUT2D eigenvalue weighted by molar-refractivity contribution is 5.42. The quantitative estimate of drug-likeness (QED) is 0.837. The van der Waals surface area contributed by atoms with Gasteiger partial charge in [-0.3, -0.25) is 0 Å². The van der Waals surface area contributed by atoms with Gasteiger partial charge in [0.2, 0.25) is 0 Å². The summed E-state index contributed by atoms with van der Waals surface area (Å²) < 4.78 is 10.9. The largest absolute Gasteiger partial charge is 0.493 e. The Hall–Kier alpha value is -1.26. The van der Waals surface area contributed by atoms with Gasteiger partial charge < -0.3 is 19.7 Å². The molecule has 1 heterocycles. The lowest BCUT2D eigenvalue weighted by Crippen LogP contribution is -2.37. The number of nitrogens with zero attached hydrogens (tertiary/aromatic N) is 1. The van der Waals surface area contributed by atoms with Gasteiger partial charge in [0.15, 0.2) is 11.5 Å². The van der Waals surface area contributed by atoms with Gasteiger partial charge in [0.1, 0.15) is 0 Å². The number of nitrogens with one attached hydrogen (secondary N) is 1. The predicted octanol–water partition coefficient (Wildman–Crippen LogP) is 2.53. The average molecular weight is 292 g/mol. The normalized spacial score (nSPS) is 19.5. The Labute approximate surface area is 128 Å². The van der Waals surface area contributed by atoms with Gasteiger partial charge >= 0.3 is 0 Å². The average Bonchev–Trinajstić information content (AvgIpc) is 2.49. The number of methoxy groups -OCH3 is 1. The summed E-state index contributed by atoms with van der Waals surface area (Å²) in [5.74, 6) is 2.40. The Kier molecular flexibility index (Phi) is 6.33. The van der Waals surface area contributed by atoms with Crippen LogP contribution >= 0.6 is 0 Å². The van der Waals surface area contributed by atoms with Crippen molar-refractivity contribution < 1.29 is 9.47 Å². The SMILES string of the molecule is CCOc1ccc(CNC[C@@H]2CCCN(C)C2)cc1OC. The molecule has 2 rings (SSSR count). The highest BCUT2D eigenvalue weighted by atomic mass is 16.5. The van der Waals surface area contributed by atoms with Crippen LogP contribution < -0.4 is 14.8 Å². The second-order valence-corrected chi connectivity index (χ2v) is 5.82. The zero-order chi connectivity index (χ0) is 15.1. The van der Waals surface area contributed by atoms with Crippen LogP contribution in [0.25, 0.3) is 0 Å². The first-order valence-electron chi connectivity index (χ1n) is 7.92. The summed E-state index contributed by atoms with van der Waals surface area (Å²) in [6.07, 6.45) is 2.66. The van der Waals surface area contributed by atoms with Crippen molar-refractivity contribution in [3.05, 3.63) is 23.8 Å². The van der Waals surface area contributed by atoms with E-state index in [1.54, 1.807) is 7.11 Å². The number of hydrogen-bond donors (Lipinski definition) is 1. The molecule has 1 aliphatic heterocycles. The molecular formula is C17H28N2O2. The van der Waals surface area contributed by atoms with E-state index in [9.17, 15) is 0 Å². The lowest BCUT2D eigenvalue weighted by Gasteiger charge is -2.29. The molecule has 1 aromatic rings. The van der Waals surface area contributed by atoms with Crippen LogP contribution in [0, 0.1) is 5.92 Å². The fraction of sp³-hybridized carbons (Fsp3) is 0.647. The molecule has 21 heavy (non-hydrogen) atoms. The second-order valence-electron chi connectivity index (χ2n) is 5.82. The summed E-state index contributed by atoms with van der Waals surface area (Å²) in [6.45, 7) is 7.05. The molecule has 0 saturated carbocycles. The minimum atomic E-state index is 0.656. The second kappa shape index (κ2) is 8.25. The van der Waals surface area contributed by atoms with Crippen LogP contribution in [0.5, 0.6) is 11.5 Å². The van der Waals surface area contributed by atoms with Crippen LogP contribution in [0.4, 0.5) is 0 Å². The summed E-state index contributed by atoms with van der Waals surface area (Å²) in [5, 5.41) is 3.57. The van der Waals surface area contributed by atoms with Gasteiger partial charge in [-0.25, -0.2) is 0 Å². The van der Waals surface area contributed by atoms with Crippen LogP contribution in [0.15, 0.2) is 18.2 Å². The van der Waals surface area contributed by atoms with Crippen LogP contribution in [0.1, 0.15) is 25.3 Å². The maximum Gasteiger partial charge on any atom is 0.161 e. The molecule has 1 atom stereocenters. The number of likely N-dealkylation sites (tertiary alicyclic amines) is 1. The molecule has 1 aliphatic rings. The molecule has 0 spiro atoms. The molecule has 4 nitrogen and oxygen atoms in total. The van der Waals surface area contributed by atoms with Crippen LogP contribution in [0.2, 0.25) is 0 Å². The first kappa shape index (κ1) is 16.1. The van der Waals surface area contributed by atoms with E-state index in [0.717, 1.165) is 30.5 Å². The molecular weight excluding hydrogens is 264 g/mol. The Balaban J connectivity index is 1.82. The van der Waals surface area contributed by atoms with Crippen molar-refractivity contribution in [1.29, 1.82) is 0 Å². The van der Waals surface area contributed by atoms with Crippen LogP contribution in [-0.4, -0.2) is 45.3 Å². The molecule has 0 radical (unpaired) electrons. The maximum atomic E-state index is 5.54. The lowest BCUT2D eigenvalue weighted by atomic mass is 9.98. The molecule has 118 valence electrons. The molecule has 0 unspecified atom stereocenters. The van der Waals surface area contributed by atoms with E-state index in [1.165, 1.54) is 31.5 Å². The van der Waals surface area contributed by atoms with Crippen molar-refractivity contribution in [3.8, 4) is 11.5 Å². The first-order chi connectivity index (χ1) is 10.2. The number of piperidine rings is 1. The van der Waals surface area contributed by atoms with Crippen molar-refractivity contribution in [2.45, 2.75) is 26.3 Å². The van der Waals surface area contributed by atoms with Gasteiger partial charge in [0, 0.05) is 13.1 Å². The van der Waals surface area contributed by atoms with Crippen molar-refractivity contribution in [1.82, 2.24) is 10.2 Å². The summed E-state index contributed by atoms with van der Waals surface area (Å²) in [4.78, 5) is 2.43. The monoisotopic (exact) mass is 292 g/mol. The molecule has 0 amide bonds. The van der Waals surface area contributed by atoms with Crippen molar-refractivity contribution >= 4 is 0 Å². The van der Waals surface area contributed by atoms with Gasteiger partial charge in [-0.15, -0.1) is 0 Å². The van der Waals surface area contributed by atoms with E-state index in [0.29, 0.717) is 6.61 Å². The fourth-order valence-corrected chi connectivity index (χ4v) is 2.96. The lowest BCUT2D eigenvalue weighted by molar-refractivity contribution is 0.206. The summed E-state index contributed by atoms with van der Waals surface area (Å²) in [7, 11) is 3.90. The standard InChI is InChI=1S/C17H28N2O2/c1-4-21-16-8-7-14(10-17(16)20-3)11-18-12-15-6-5-9-19(2)13-15/h7-8,10,15,18H,4-6,9,11-13H2,1-3H3/t15-/m0/s1. The zero-order valence-electron chi connectivity index (χ0n) is 13.5. The number of rotatable bonds is 7. The highest BCUT2D eigenvalue weighted by Gasteiger charge is 2.16. The molecule has 1 fully saturated rings. The van der Waals surface area contributed by atoms with Crippen molar-refractivity contribution in [2.24, 2.45) is 5.92 Å². The molecule has 1 N–H and O–H groups in total. The van der Waals surface area contributed by atoms with Crippen molar-refractivity contribution in [3.63, 3.8) is 0 Å². The number of benzene rings is 1. The third kappa shape index (κ3) is 4.90. The molecule has 4 heteroatoms. The van der Waals surface area contributed by atoms with Gasteiger partial charge in [-0.1, -0.05) is 6.07 Å². The predicted molar refractivity (Wildman–Crippen MR) is 86.1 cm³/mol. The third-order valence-corrected chi connectivity index (χ3v) is 4.01. The Morgan fingerprint density at radius 3 is 2.90 bits per heavy atom. The summed E-state index contributed by atoms with van der Waals surface area (Å²) >= 11 is 0. The van der Waals surface area contributed by atoms with E-state index in [4.69, 9.17) is 9.47 Å². The molecule has 1 saturated heterocycles. The maximum absolute atomic E-state index is 5.54. The highest BCUT2D eigenvalue weighted by Crippen LogP contribution is 2.28. The Morgan fingerprint density at radius 1 is 1.33 bits per heavy atom. The third-order valence-electron chi connectivity index (χ3n) is 4.01. The summed E-state index contributed by atoms with van der Waals surface area (Å²) in [6, 6.07) is 6.16.